The summed E-state index contributed by atoms with van der Waals surface area (Å²) in [5, 5.41) is 23.8. The number of hydrogen-bond donors (Lipinski definition) is 2. The van der Waals surface area contributed by atoms with Gasteiger partial charge in [0.05, 0.1) is 9.95 Å². The quantitative estimate of drug-likeness (QED) is 0.526. The van der Waals surface area contributed by atoms with Crippen molar-refractivity contribution in [3.8, 4) is 11.5 Å². The van der Waals surface area contributed by atoms with Crippen LogP contribution in [0.1, 0.15) is 19.4 Å². The molecule has 2 aromatic rings. The Balaban J connectivity index is 2.22. The molecule has 0 spiro atoms. The average Bonchev–Trinajstić information content (AvgIpc) is 2.57. The van der Waals surface area contributed by atoms with Crippen molar-refractivity contribution in [1.82, 2.24) is 5.32 Å². The number of carbonyl (C=O) groups is 1. The van der Waals surface area contributed by atoms with Crippen LogP contribution in [0.3, 0.4) is 0 Å². The molecule has 2 aromatic carbocycles. The Morgan fingerprint density at radius 1 is 1.27 bits per heavy atom. The molecule has 0 heterocycles. The molecule has 0 aliphatic carbocycles. The van der Waals surface area contributed by atoms with Gasteiger partial charge >= 0.3 is 11.7 Å². The molecule has 0 fully saturated rings. The number of ether oxygens (including phenoxy) is 1. The number of hydrogen-bond acceptors (Lipinski definition) is 5. The number of rotatable bonds is 8. The van der Waals surface area contributed by atoms with E-state index in [1.807, 2.05) is 0 Å². The molecule has 0 amide bonds. The van der Waals surface area contributed by atoms with Crippen molar-refractivity contribution in [2.24, 2.45) is 5.92 Å². The lowest BCUT2D eigenvalue weighted by atomic mass is 10.0. The van der Waals surface area contributed by atoms with Gasteiger partial charge in [-0.15, -0.1) is 0 Å². The summed E-state index contributed by atoms with van der Waals surface area (Å²) in [5.74, 6) is -0.710. The zero-order valence-corrected chi connectivity index (χ0v) is 15.1. The van der Waals surface area contributed by atoms with E-state index in [4.69, 9.17) is 16.3 Å². The summed E-state index contributed by atoms with van der Waals surface area (Å²) in [6.45, 7) is 3.76. The Bertz CT molecular complexity index is 810. The van der Waals surface area contributed by atoms with E-state index in [9.17, 15) is 20.0 Å². The number of carboxylic acid groups (broad SMARTS) is 1. The zero-order valence-electron chi connectivity index (χ0n) is 14.3. The van der Waals surface area contributed by atoms with Gasteiger partial charge in [-0.05, 0) is 29.7 Å². The van der Waals surface area contributed by atoms with Crippen molar-refractivity contribution in [2.75, 3.05) is 0 Å². The Kier molecular flexibility index (Phi) is 6.54. The minimum Gasteiger partial charge on any atom is -0.480 e. The lowest BCUT2D eigenvalue weighted by Gasteiger charge is -2.18. The molecule has 0 saturated carbocycles. The Hall–Kier alpha value is -2.64. The average molecular weight is 379 g/mol. The fourth-order valence-electron chi connectivity index (χ4n) is 2.38. The second kappa shape index (κ2) is 8.64. The maximum atomic E-state index is 11.4. The standard InChI is InChI=1S/C18H19ClN2O5/c1-11(2)17(18(22)23)20-10-12-7-8-16(14(9-12)21(24)25)26-15-6-4-3-5-13(15)19/h3-9,11,17,20H,10H2,1-2H3,(H,22,23)/t17-/m0/s1. The van der Waals surface area contributed by atoms with Gasteiger partial charge in [0.25, 0.3) is 0 Å². The molecule has 0 radical (unpaired) electrons. The van der Waals surface area contributed by atoms with E-state index in [1.165, 1.54) is 12.1 Å². The van der Waals surface area contributed by atoms with Gasteiger partial charge in [0.2, 0.25) is 5.75 Å². The molecule has 8 heteroatoms. The summed E-state index contributed by atoms with van der Waals surface area (Å²) in [6.07, 6.45) is 0. The number of nitro benzene ring substituents is 1. The lowest BCUT2D eigenvalue weighted by Crippen LogP contribution is -2.40. The van der Waals surface area contributed by atoms with Crippen molar-refractivity contribution in [3.63, 3.8) is 0 Å². The molecule has 2 rings (SSSR count). The number of para-hydroxylation sites is 1. The fraction of sp³-hybridized carbons (Fsp3) is 0.278. The van der Waals surface area contributed by atoms with E-state index in [0.29, 0.717) is 16.3 Å². The van der Waals surface area contributed by atoms with E-state index < -0.39 is 16.9 Å². The highest BCUT2D eigenvalue weighted by Gasteiger charge is 2.22. The van der Waals surface area contributed by atoms with Gasteiger partial charge in [0, 0.05) is 12.6 Å². The first-order chi connectivity index (χ1) is 12.3. The van der Waals surface area contributed by atoms with E-state index in [2.05, 4.69) is 5.32 Å². The Labute approximate surface area is 155 Å². The largest absolute Gasteiger partial charge is 0.480 e. The molecule has 0 aliphatic heterocycles. The highest BCUT2D eigenvalue weighted by Crippen LogP contribution is 2.35. The summed E-state index contributed by atoms with van der Waals surface area (Å²) in [7, 11) is 0. The number of carboxylic acids is 1. The van der Waals surface area contributed by atoms with Crippen LogP contribution in [0.2, 0.25) is 5.02 Å². The first-order valence-electron chi connectivity index (χ1n) is 7.95. The summed E-state index contributed by atoms with van der Waals surface area (Å²) in [4.78, 5) is 22.1. The Morgan fingerprint density at radius 2 is 1.96 bits per heavy atom. The number of nitrogens with one attached hydrogen (secondary N) is 1. The minimum atomic E-state index is -0.965. The van der Waals surface area contributed by atoms with Crippen molar-refractivity contribution >= 4 is 23.3 Å². The maximum absolute atomic E-state index is 11.4. The molecule has 26 heavy (non-hydrogen) atoms. The number of nitrogens with zero attached hydrogens (tertiary/aromatic N) is 1. The zero-order chi connectivity index (χ0) is 19.3. The predicted octanol–water partition coefficient (Wildman–Crippen LogP) is 4.24. The van der Waals surface area contributed by atoms with Gasteiger partial charge in [-0.2, -0.15) is 0 Å². The molecule has 138 valence electrons. The van der Waals surface area contributed by atoms with Crippen LogP contribution in [0.5, 0.6) is 11.5 Å². The van der Waals surface area contributed by atoms with Crippen LogP contribution >= 0.6 is 11.6 Å². The third kappa shape index (κ3) is 4.93. The van der Waals surface area contributed by atoms with Gasteiger partial charge in [-0.25, -0.2) is 0 Å². The van der Waals surface area contributed by atoms with E-state index in [1.54, 1.807) is 44.2 Å². The van der Waals surface area contributed by atoms with Crippen LogP contribution in [0.25, 0.3) is 0 Å². The molecular weight excluding hydrogens is 360 g/mol. The van der Waals surface area contributed by atoms with Crippen LogP contribution in [0.15, 0.2) is 42.5 Å². The van der Waals surface area contributed by atoms with Gasteiger partial charge < -0.3 is 15.2 Å². The number of aliphatic carboxylic acids is 1. The van der Waals surface area contributed by atoms with Crippen molar-refractivity contribution in [1.29, 1.82) is 0 Å². The maximum Gasteiger partial charge on any atom is 0.320 e. The molecule has 0 bridgehead atoms. The van der Waals surface area contributed by atoms with E-state index in [0.717, 1.165) is 0 Å². The SMILES string of the molecule is CC(C)[C@H](NCc1ccc(Oc2ccccc2Cl)c([N+](=O)[O-])c1)C(=O)O. The normalized spacial score (nSPS) is 12.0. The van der Waals surface area contributed by atoms with Crippen LogP contribution in [-0.4, -0.2) is 22.0 Å². The minimum absolute atomic E-state index is 0.0606. The van der Waals surface area contributed by atoms with Crippen molar-refractivity contribution in [2.45, 2.75) is 26.4 Å². The summed E-state index contributed by atoms with van der Waals surface area (Å²) < 4.78 is 5.57. The first kappa shape index (κ1) is 19.7. The molecule has 0 aliphatic rings. The summed E-state index contributed by atoms with van der Waals surface area (Å²) >= 11 is 6.02. The third-order valence-corrected chi connectivity index (χ3v) is 4.05. The highest BCUT2D eigenvalue weighted by atomic mass is 35.5. The number of nitro groups is 1. The second-order valence-electron chi connectivity index (χ2n) is 6.03. The molecular formula is C18H19ClN2O5. The Morgan fingerprint density at radius 3 is 2.54 bits per heavy atom. The molecule has 0 aromatic heterocycles. The molecule has 2 N–H and O–H groups in total. The van der Waals surface area contributed by atoms with Crippen LogP contribution in [0.4, 0.5) is 5.69 Å². The fourth-order valence-corrected chi connectivity index (χ4v) is 2.56. The van der Waals surface area contributed by atoms with Crippen molar-refractivity contribution < 1.29 is 19.6 Å². The van der Waals surface area contributed by atoms with Crippen LogP contribution in [0, 0.1) is 16.0 Å². The third-order valence-electron chi connectivity index (χ3n) is 3.74. The lowest BCUT2D eigenvalue weighted by molar-refractivity contribution is -0.385. The molecule has 1 atom stereocenters. The van der Waals surface area contributed by atoms with Crippen LogP contribution in [-0.2, 0) is 11.3 Å². The van der Waals surface area contributed by atoms with Crippen LogP contribution < -0.4 is 10.1 Å². The van der Waals surface area contributed by atoms with E-state index >= 15 is 0 Å². The van der Waals surface area contributed by atoms with Gasteiger partial charge in [0.1, 0.15) is 11.8 Å². The topological polar surface area (TPSA) is 102 Å². The second-order valence-corrected chi connectivity index (χ2v) is 6.44. The molecule has 7 nitrogen and oxygen atoms in total. The van der Waals surface area contributed by atoms with Gasteiger partial charge in [-0.1, -0.05) is 43.6 Å². The summed E-state index contributed by atoms with van der Waals surface area (Å²) in [6, 6.07) is 10.4. The monoisotopic (exact) mass is 378 g/mol. The first-order valence-corrected chi connectivity index (χ1v) is 8.33. The predicted molar refractivity (Wildman–Crippen MR) is 97.7 cm³/mol. The molecule has 0 unspecified atom stereocenters. The van der Waals surface area contributed by atoms with E-state index in [-0.39, 0.29) is 23.9 Å². The van der Waals surface area contributed by atoms with Gasteiger partial charge in [0.15, 0.2) is 0 Å². The van der Waals surface area contributed by atoms with Gasteiger partial charge in [-0.3, -0.25) is 14.9 Å². The number of halogens is 1. The number of benzene rings is 2. The highest BCUT2D eigenvalue weighted by molar-refractivity contribution is 6.32. The smallest absolute Gasteiger partial charge is 0.320 e. The molecule has 0 saturated heterocycles. The summed E-state index contributed by atoms with van der Waals surface area (Å²) in [5.41, 5.74) is 0.357. The van der Waals surface area contributed by atoms with Crippen molar-refractivity contribution in [3.05, 3.63) is 63.2 Å².